The van der Waals surface area contributed by atoms with Crippen LogP contribution in [0.25, 0.3) is 0 Å². The summed E-state index contributed by atoms with van der Waals surface area (Å²) in [4.78, 5) is 2.48. The standard InChI is InChI=1S/C15H25NS/c1-4-16(11-9-13(2)10-12-17)15-8-6-5-7-14(15)3/h5-8,13,17H,4,9-12H2,1-3H3. The van der Waals surface area contributed by atoms with Crippen LogP contribution in [0, 0.1) is 12.8 Å². The molecule has 0 saturated heterocycles. The lowest BCUT2D eigenvalue weighted by Gasteiger charge is -2.26. The lowest BCUT2D eigenvalue weighted by molar-refractivity contribution is 0.517. The van der Waals surface area contributed by atoms with Gasteiger partial charge >= 0.3 is 0 Å². The second-order valence-corrected chi connectivity index (χ2v) is 5.22. The maximum atomic E-state index is 4.30. The van der Waals surface area contributed by atoms with Crippen LogP contribution in [0.5, 0.6) is 0 Å². The molecule has 0 radical (unpaired) electrons. The van der Waals surface area contributed by atoms with Crippen molar-refractivity contribution in [2.45, 2.75) is 33.6 Å². The molecule has 0 aliphatic rings. The molecule has 0 heterocycles. The molecular weight excluding hydrogens is 226 g/mol. The summed E-state index contributed by atoms with van der Waals surface area (Å²) in [5.74, 6) is 1.77. The van der Waals surface area contributed by atoms with Crippen LogP contribution >= 0.6 is 12.6 Å². The topological polar surface area (TPSA) is 3.24 Å². The monoisotopic (exact) mass is 251 g/mol. The molecule has 0 spiro atoms. The second-order valence-electron chi connectivity index (χ2n) is 4.77. The maximum absolute atomic E-state index is 4.30. The number of benzene rings is 1. The summed E-state index contributed by atoms with van der Waals surface area (Å²) < 4.78 is 0. The first kappa shape index (κ1) is 14.4. The minimum Gasteiger partial charge on any atom is -0.372 e. The Morgan fingerprint density at radius 2 is 1.94 bits per heavy atom. The van der Waals surface area contributed by atoms with Crippen LogP contribution < -0.4 is 4.90 Å². The van der Waals surface area contributed by atoms with Crippen LogP contribution in [0.2, 0.25) is 0 Å². The zero-order valence-electron chi connectivity index (χ0n) is 11.3. The Morgan fingerprint density at radius 1 is 1.24 bits per heavy atom. The molecule has 0 amide bonds. The highest BCUT2D eigenvalue weighted by molar-refractivity contribution is 7.80. The molecule has 0 aliphatic carbocycles. The highest BCUT2D eigenvalue weighted by Crippen LogP contribution is 2.20. The number of para-hydroxylation sites is 1. The first-order valence-electron chi connectivity index (χ1n) is 6.60. The van der Waals surface area contributed by atoms with E-state index in [4.69, 9.17) is 0 Å². The largest absolute Gasteiger partial charge is 0.372 e. The van der Waals surface area contributed by atoms with E-state index in [0.29, 0.717) is 0 Å². The molecule has 0 saturated carbocycles. The second kappa shape index (κ2) is 7.65. The van der Waals surface area contributed by atoms with Crippen molar-refractivity contribution >= 4 is 18.3 Å². The van der Waals surface area contributed by atoms with Crippen molar-refractivity contribution in [3.8, 4) is 0 Å². The average Bonchev–Trinajstić information content (AvgIpc) is 2.32. The summed E-state index contributed by atoms with van der Waals surface area (Å²) in [6, 6.07) is 8.65. The van der Waals surface area contributed by atoms with Gasteiger partial charge in [-0.2, -0.15) is 12.6 Å². The molecule has 0 fully saturated rings. The predicted molar refractivity (Wildman–Crippen MR) is 81.3 cm³/mol. The highest BCUT2D eigenvalue weighted by Gasteiger charge is 2.08. The molecule has 2 heteroatoms. The summed E-state index contributed by atoms with van der Waals surface area (Å²) >= 11 is 4.30. The van der Waals surface area contributed by atoms with E-state index in [2.05, 4.69) is 62.6 Å². The van der Waals surface area contributed by atoms with Crippen molar-refractivity contribution in [2.24, 2.45) is 5.92 Å². The van der Waals surface area contributed by atoms with E-state index in [-0.39, 0.29) is 0 Å². The smallest absolute Gasteiger partial charge is 0.0395 e. The number of hydrogen-bond acceptors (Lipinski definition) is 2. The van der Waals surface area contributed by atoms with Gasteiger partial charge in [-0.1, -0.05) is 25.1 Å². The summed E-state index contributed by atoms with van der Waals surface area (Å²) in [5.41, 5.74) is 2.75. The van der Waals surface area contributed by atoms with Crippen molar-refractivity contribution in [3.05, 3.63) is 29.8 Å². The van der Waals surface area contributed by atoms with Gasteiger partial charge in [0.25, 0.3) is 0 Å². The van der Waals surface area contributed by atoms with Crippen LogP contribution in [0.3, 0.4) is 0 Å². The van der Waals surface area contributed by atoms with Gasteiger partial charge in [-0.25, -0.2) is 0 Å². The van der Waals surface area contributed by atoms with Gasteiger partial charge in [0.2, 0.25) is 0 Å². The highest BCUT2D eigenvalue weighted by atomic mass is 32.1. The Hall–Kier alpha value is -0.630. The Kier molecular flexibility index (Phi) is 6.49. The molecule has 0 bridgehead atoms. The molecular formula is C15H25NS. The van der Waals surface area contributed by atoms with E-state index in [1.165, 1.54) is 24.1 Å². The van der Waals surface area contributed by atoms with Gasteiger partial charge in [-0.3, -0.25) is 0 Å². The fourth-order valence-corrected chi connectivity index (χ4v) is 2.55. The fourth-order valence-electron chi connectivity index (χ4n) is 2.11. The molecule has 1 atom stereocenters. The molecule has 1 rings (SSSR count). The number of nitrogens with zero attached hydrogens (tertiary/aromatic N) is 1. The lowest BCUT2D eigenvalue weighted by Crippen LogP contribution is -2.26. The maximum Gasteiger partial charge on any atom is 0.0395 e. The number of aryl methyl sites for hydroxylation is 1. The molecule has 1 unspecified atom stereocenters. The third-order valence-electron chi connectivity index (χ3n) is 3.35. The van der Waals surface area contributed by atoms with Gasteiger partial charge < -0.3 is 4.90 Å². The van der Waals surface area contributed by atoms with E-state index in [0.717, 1.165) is 24.8 Å². The number of thiol groups is 1. The number of hydrogen-bond donors (Lipinski definition) is 1. The van der Waals surface area contributed by atoms with Gasteiger partial charge in [0.15, 0.2) is 0 Å². The third-order valence-corrected chi connectivity index (χ3v) is 3.61. The van der Waals surface area contributed by atoms with E-state index in [1.54, 1.807) is 0 Å². The van der Waals surface area contributed by atoms with Crippen LogP contribution in [-0.2, 0) is 0 Å². The molecule has 1 aromatic carbocycles. The molecule has 0 N–H and O–H groups in total. The Balaban J connectivity index is 2.57. The molecule has 96 valence electrons. The van der Waals surface area contributed by atoms with Gasteiger partial charge in [0, 0.05) is 18.8 Å². The minimum atomic E-state index is 0.769. The van der Waals surface area contributed by atoms with Crippen molar-refractivity contribution < 1.29 is 0 Å². The molecule has 17 heavy (non-hydrogen) atoms. The first-order valence-corrected chi connectivity index (χ1v) is 7.23. The molecule has 0 aromatic heterocycles. The van der Waals surface area contributed by atoms with Gasteiger partial charge in [-0.15, -0.1) is 0 Å². The third kappa shape index (κ3) is 4.63. The normalized spacial score (nSPS) is 12.5. The fraction of sp³-hybridized carbons (Fsp3) is 0.600. The molecule has 1 aromatic rings. The van der Waals surface area contributed by atoms with Crippen LogP contribution in [-0.4, -0.2) is 18.8 Å². The average molecular weight is 251 g/mol. The zero-order chi connectivity index (χ0) is 12.7. The Labute approximate surface area is 112 Å². The van der Waals surface area contributed by atoms with Crippen LogP contribution in [0.1, 0.15) is 32.3 Å². The van der Waals surface area contributed by atoms with E-state index in [1.807, 2.05) is 0 Å². The molecule has 1 nitrogen and oxygen atoms in total. The summed E-state index contributed by atoms with van der Waals surface area (Å²) in [7, 11) is 0. The van der Waals surface area contributed by atoms with E-state index in [9.17, 15) is 0 Å². The van der Waals surface area contributed by atoms with Gasteiger partial charge in [-0.05, 0) is 50.0 Å². The van der Waals surface area contributed by atoms with Crippen molar-refractivity contribution in [1.29, 1.82) is 0 Å². The van der Waals surface area contributed by atoms with Crippen molar-refractivity contribution in [1.82, 2.24) is 0 Å². The Bertz CT molecular complexity index is 324. The number of rotatable bonds is 7. The number of anilines is 1. The summed E-state index contributed by atoms with van der Waals surface area (Å²) in [5, 5.41) is 0. The SMILES string of the molecule is CCN(CCC(C)CCS)c1ccccc1C. The summed E-state index contributed by atoms with van der Waals surface area (Å²) in [6.07, 6.45) is 2.47. The van der Waals surface area contributed by atoms with E-state index < -0.39 is 0 Å². The van der Waals surface area contributed by atoms with Crippen LogP contribution in [0.4, 0.5) is 5.69 Å². The van der Waals surface area contributed by atoms with Gasteiger partial charge in [0.1, 0.15) is 0 Å². The van der Waals surface area contributed by atoms with Crippen LogP contribution in [0.15, 0.2) is 24.3 Å². The minimum absolute atomic E-state index is 0.769. The van der Waals surface area contributed by atoms with Gasteiger partial charge in [0.05, 0.1) is 0 Å². The lowest BCUT2D eigenvalue weighted by atomic mass is 10.0. The van der Waals surface area contributed by atoms with Crippen molar-refractivity contribution in [3.63, 3.8) is 0 Å². The van der Waals surface area contributed by atoms with E-state index >= 15 is 0 Å². The quantitative estimate of drug-likeness (QED) is 0.712. The first-order chi connectivity index (χ1) is 8.19. The zero-order valence-corrected chi connectivity index (χ0v) is 12.2. The van der Waals surface area contributed by atoms with Crippen molar-refractivity contribution in [2.75, 3.05) is 23.7 Å². The summed E-state index contributed by atoms with van der Waals surface area (Å²) in [6.45, 7) is 8.97. The molecule has 0 aliphatic heterocycles. The Morgan fingerprint density at radius 3 is 2.53 bits per heavy atom. The predicted octanol–water partition coefficient (Wildman–Crippen LogP) is 4.17.